The summed E-state index contributed by atoms with van der Waals surface area (Å²) in [6.45, 7) is 1.35. The second-order valence-electron chi connectivity index (χ2n) is 3.58. The fraction of sp³-hybridized carbons (Fsp3) is 0.231. The van der Waals surface area contributed by atoms with E-state index in [1.54, 1.807) is 7.11 Å². The minimum Gasteiger partial charge on any atom is -0.383 e. The molecule has 17 heavy (non-hydrogen) atoms. The van der Waals surface area contributed by atoms with Crippen LogP contribution in [0.3, 0.4) is 0 Å². The van der Waals surface area contributed by atoms with E-state index >= 15 is 0 Å². The Labute approximate surface area is 101 Å². The van der Waals surface area contributed by atoms with Gasteiger partial charge < -0.3 is 10.1 Å². The monoisotopic (exact) mass is 229 g/mol. The average molecular weight is 229 g/mol. The minimum absolute atomic E-state index is 0.627. The van der Waals surface area contributed by atoms with Crippen molar-refractivity contribution in [2.75, 3.05) is 25.6 Å². The Bertz CT molecular complexity index is 442. The predicted molar refractivity (Wildman–Crippen MR) is 67.8 cm³/mol. The minimum atomic E-state index is 0.627. The topological polar surface area (TPSA) is 47.0 Å². The third-order valence-electron chi connectivity index (χ3n) is 2.35. The molecule has 4 nitrogen and oxygen atoms in total. The zero-order valence-electron chi connectivity index (χ0n) is 9.76. The highest BCUT2D eigenvalue weighted by molar-refractivity contribution is 5.61. The molecule has 0 aliphatic rings. The highest BCUT2D eigenvalue weighted by atomic mass is 16.5. The first-order chi connectivity index (χ1) is 8.40. The zero-order chi connectivity index (χ0) is 11.9. The molecule has 1 heterocycles. The van der Waals surface area contributed by atoms with Crippen LogP contribution in [0.5, 0.6) is 0 Å². The van der Waals surface area contributed by atoms with Gasteiger partial charge in [0.15, 0.2) is 0 Å². The van der Waals surface area contributed by atoms with Gasteiger partial charge in [-0.15, -0.1) is 0 Å². The summed E-state index contributed by atoms with van der Waals surface area (Å²) in [7, 11) is 1.67. The van der Waals surface area contributed by atoms with E-state index in [9.17, 15) is 0 Å². The third kappa shape index (κ3) is 3.26. The molecule has 1 N–H and O–H groups in total. The number of rotatable bonds is 5. The van der Waals surface area contributed by atoms with Gasteiger partial charge in [-0.2, -0.15) is 0 Å². The van der Waals surface area contributed by atoms with E-state index < -0.39 is 0 Å². The van der Waals surface area contributed by atoms with Crippen molar-refractivity contribution in [1.82, 2.24) is 9.97 Å². The molecule has 0 fully saturated rings. The number of benzene rings is 1. The summed E-state index contributed by atoms with van der Waals surface area (Å²) in [4.78, 5) is 8.50. The van der Waals surface area contributed by atoms with Gasteiger partial charge in [0.05, 0.1) is 6.61 Å². The van der Waals surface area contributed by atoms with Gasteiger partial charge in [0, 0.05) is 31.6 Å². The van der Waals surface area contributed by atoms with Crippen LogP contribution in [0.1, 0.15) is 0 Å². The van der Waals surface area contributed by atoms with Crippen molar-refractivity contribution >= 4 is 5.95 Å². The maximum Gasteiger partial charge on any atom is 0.222 e. The lowest BCUT2D eigenvalue weighted by molar-refractivity contribution is 0.210. The van der Waals surface area contributed by atoms with Gasteiger partial charge in [-0.25, -0.2) is 9.97 Å². The maximum absolute atomic E-state index is 4.94. The molecule has 0 spiro atoms. The van der Waals surface area contributed by atoms with E-state index in [2.05, 4.69) is 15.3 Å². The number of ether oxygens (including phenoxy) is 1. The van der Waals surface area contributed by atoms with Crippen molar-refractivity contribution in [3.05, 3.63) is 42.7 Å². The number of hydrogen-bond acceptors (Lipinski definition) is 4. The molecule has 0 atom stereocenters. The normalized spacial score (nSPS) is 10.2. The summed E-state index contributed by atoms with van der Waals surface area (Å²) >= 11 is 0. The number of anilines is 1. The molecular formula is C13H15N3O. The van der Waals surface area contributed by atoms with E-state index in [0.717, 1.165) is 11.1 Å². The van der Waals surface area contributed by atoms with Crippen molar-refractivity contribution < 1.29 is 4.74 Å². The average Bonchev–Trinajstić information content (AvgIpc) is 2.41. The number of aromatic nitrogens is 2. The highest BCUT2D eigenvalue weighted by Crippen LogP contribution is 2.16. The summed E-state index contributed by atoms with van der Waals surface area (Å²) in [5.41, 5.74) is 2.14. The smallest absolute Gasteiger partial charge is 0.222 e. The van der Waals surface area contributed by atoms with Crippen molar-refractivity contribution in [3.63, 3.8) is 0 Å². The number of hydrogen-bond donors (Lipinski definition) is 1. The van der Waals surface area contributed by atoms with Crippen molar-refractivity contribution in [1.29, 1.82) is 0 Å². The lowest BCUT2D eigenvalue weighted by atomic mass is 10.1. The van der Waals surface area contributed by atoms with Crippen LogP contribution in [0, 0.1) is 0 Å². The molecule has 88 valence electrons. The highest BCUT2D eigenvalue weighted by Gasteiger charge is 1.99. The largest absolute Gasteiger partial charge is 0.383 e. The quantitative estimate of drug-likeness (QED) is 0.798. The Morgan fingerprint density at radius 1 is 1.06 bits per heavy atom. The molecule has 0 bridgehead atoms. The fourth-order valence-electron chi connectivity index (χ4n) is 1.46. The van der Waals surface area contributed by atoms with Crippen molar-refractivity contribution in [3.8, 4) is 11.1 Å². The second kappa shape index (κ2) is 5.96. The molecule has 4 heteroatoms. The zero-order valence-corrected chi connectivity index (χ0v) is 9.76. The predicted octanol–water partition coefficient (Wildman–Crippen LogP) is 2.20. The van der Waals surface area contributed by atoms with Crippen LogP contribution in [0.4, 0.5) is 5.95 Å². The second-order valence-corrected chi connectivity index (χ2v) is 3.58. The summed E-state index contributed by atoms with van der Waals surface area (Å²) in [6.07, 6.45) is 3.63. The standard InChI is InChI=1S/C13H15N3O/c1-17-8-7-14-13-15-9-12(10-16-13)11-5-3-2-4-6-11/h2-6,9-10H,7-8H2,1H3,(H,14,15,16). The summed E-state index contributed by atoms with van der Waals surface area (Å²) < 4.78 is 4.94. The maximum atomic E-state index is 4.94. The summed E-state index contributed by atoms with van der Waals surface area (Å²) in [6, 6.07) is 10.1. The van der Waals surface area contributed by atoms with E-state index in [4.69, 9.17) is 4.74 Å². The molecule has 1 aromatic heterocycles. The van der Waals surface area contributed by atoms with Gasteiger partial charge in [0.1, 0.15) is 0 Å². The van der Waals surface area contributed by atoms with Crippen molar-refractivity contribution in [2.45, 2.75) is 0 Å². The molecule has 0 aliphatic carbocycles. The van der Waals surface area contributed by atoms with Crippen LogP contribution >= 0.6 is 0 Å². The molecule has 0 saturated carbocycles. The van der Waals surface area contributed by atoms with Crippen LogP contribution in [0.15, 0.2) is 42.7 Å². The van der Waals surface area contributed by atoms with Gasteiger partial charge in [-0.05, 0) is 5.56 Å². The number of methoxy groups -OCH3 is 1. The Kier molecular flexibility index (Phi) is 4.05. The van der Waals surface area contributed by atoms with E-state index in [-0.39, 0.29) is 0 Å². The Morgan fingerprint density at radius 2 is 1.76 bits per heavy atom. The van der Waals surface area contributed by atoms with Crippen LogP contribution in [-0.4, -0.2) is 30.2 Å². The van der Waals surface area contributed by atoms with E-state index in [0.29, 0.717) is 19.1 Å². The third-order valence-corrected chi connectivity index (χ3v) is 2.35. The van der Waals surface area contributed by atoms with Gasteiger partial charge >= 0.3 is 0 Å². The molecular weight excluding hydrogens is 214 g/mol. The van der Waals surface area contributed by atoms with Crippen molar-refractivity contribution in [2.24, 2.45) is 0 Å². The van der Waals surface area contributed by atoms with Gasteiger partial charge in [0.2, 0.25) is 5.95 Å². The SMILES string of the molecule is COCCNc1ncc(-c2ccccc2)cn1. The first-order valence-electron chi connectivity index (χ1n) is 5.50. The Morgan fingerprint density at radius 3 is 2.41 bits per heavy atom. The van der Waals surface area contributed by atoms with Crippen LogP contribution in [0.2, 0.25) is 0 Å². The van der Waals surface area contributed by atoms with Gasteiger partial charge in [0.25, 0.3) is 0 Å². The van der Waals surface area contributed by atoms with Crippen LogP contribution in [-0.2, 0) is 4.74 Å². The first kappa shape index (κ1) is 11.5. The molecule has 0 saturated heterocycles. The van der Waals surface area contributed by atoms with Gasteiger partial charge in [-0.3, -0.25) is 0 Å². The molecule has 0 unspecified atom stereocenters. The molecule has 0 aliphatic heterocycles. The van der Waals surface area contributed by atoms with E-state index in [1.165, 1.54) is 0 Å². The van der Waals surface area contributed by atoms with E-state index in [1.807, 2.05) is 42.7 Å². The summed E-state index contributed by atoms with van der Waals surface area (Å²) in [5, 5.41) is 3.08. The number of nitrogens with zero attached hydrogens (tertiary/aromatic N) is 2. The molecule has 1 aromatic carbocycles. The van der Waals surface area contributed by atoms with Crippen LogP contribution < -0.4 is 5.32 Å². The lowest BCUT2D eigenvalue weighted by Crippen LogP contribution is -2.09. The Hall–Kier alpha value is -1.94. The Balaban J connectivity index is 2.03. The summed E-state index contributed by atoms with van der Waals surface area (Å²) in [5.74, 6) is 0.627. The number of nitrogens with one attached hydrogen (secondary N) is 1. The lowest BCUT2D eigenvalue weighted by Gasteiger charge is -2.04. The molecule has 2 aromatic rings. The van der Waals surface area contributed by atoms with Crippen LogP contribution in [0.25, 0.3) is 11.1 Å². The molecule has 2 rings (SSSR count). The fourth-order valence-corrected chi connectivity index (χ4v) is 1.46. The first-order valence-corrected chi connectivity index (χ1v) is 5.50. The molecule has 0 radical (unpaired) electrons. The van der Waals surface area contributed by atoms with Gasteiger partial charge in [-0.1, -0.05) is 30.3 Å². The molecule has 0 amide bonds.